The molecule has 0 radical (unpaired) electrons. The van der Waals surface area contributed by atoms with E-state index in [0.717, 1.165) is 37.7 Å². The molecular formula is C13H18O3. The van der Waals surface area contributed by atoms with Gasteiger partial charge in [0, 0.05) is 6.42 Å². The van der Waals surface area contributed by atoms with E-state index < -0.39 is 5.41 Å². The Hall–Kier alpha value is -1.12. The fraction of sp³-hybridized carbons (Fsp3) is 0.692. The number of rotatable bonds is 2. The first-order chi connectivity index (χ1) is 7.71. The summed E-state index contributed by atoms with van der Waals surface area (Å²) in [6.07, 6.45) is 8.17. The van der Waals surface area contributed by atoms with Crippen molar-refractivity contribution >= 4 is 11.8 Å². The molecule has 0 bridgehead atoms. The maximum Gasteiger partial charge on any atom is 0.323 e. The van der Waals surface area contributed by atoms with Crippen LogP contribution in [0.15, 0.2) is 11.6 Å². The zero-order chi connectivity index (χ0) is 11.6. The molecule has 0 aromatic heterocycles. The summed E-state index contributed by atoms with van der Waals surface area (Å²) in [7, 11) is 1.37. The molecule has 2 aliphatic rings. The van der Waals surface area contributed by atoms with Crippen LogP contribution in [-0.2, 0) is 14.3 Å². The van der Waals surface area contributed by atoms with E-state index in [1.807, 2.05) is 0 Å². The Morgan fingerprint density at radius 3 is 2.62 bits per heavy atom. The van der Waals surface area contributed by atoms with Crippen LogP contribution >= 0.6 is 0 Å². The van der Waals surface area contributed by atoms with Gasteiger partial charge >= 0.3 is 5.97 Å². The molecule has 0 saturated heterocycles. The lowest BCUT2D eigenvalue weighted by molar-refractivity contribution is -0.154. The van der Waals surface area contributed by atoms with E-state index in [2.05, 4.69) is 6.08 Å². The number of Topliss-reactive ketones (excluding diaryl/α,β-unsaturated/α-hetero) is 1. The lowest BCUT2D eigenvalue weighted by Crippen LogP contribution is -2.38. The van der Waals surface area contributed by atoms with Gasteiger partial charge in [-0.1, -0.05) is 6.08 Å². The molecular weight excluding hydrogens is 204 g/mol. The summed E-state index contributed by atoms with van der Waals surface area (Å²) in [5.74, 6) is -0.282. The SMILES string of the molecule is COC(=O)[C@@]1(C2=CCCCC2)CCCC1=O. The second-order valence-electron chi connectivity index (χ2n) is 4.65. The van der Waals surface area contributed by atoms with Crippen molar-refractivity contribution in [2.45, 2.75) is 44.9 Å². The van der Waals surface area contributed by atoms with Crippen LogP contribution in [0.5, 0.6) is 0 Å². The fourth-order valence-corrected chi connectivity index (χ4v) is 2.95. The summed E-state index contributed by atoms with van der Waals surface area (Å²) in [5, 5.41) is 0. The van der Waals surface area contributed by atoms with Crippen molar-refractivity contribution in [3.8, 4) is 0 Å². The first-order valence-electron chi connectivity index (χ1n) is 6.03. The topological polar surface area (TPSA) is 43.4 Å². The molecule has 3 nitrogen and oxygen atoms in total. The molecule has 0 spiro atoms. The number of hydrogen-bond acceptors (Lipinski definition) is 3. The number of esters is 1. The first-order valence-corrected chi connectivity index (χ1v) is 6.03. The number of ketones is 1. The standard InChI is InChI=1S/C13H18O3/c1-16-12(15)13(9-5-8-11(13)14)10-6-3-2-4-7-10/h6H,2-5,7-9H2,1H3/t13-/m1/s1. The molecule has 1 fully saturated rings. The van der Waals surface area contributed by atoms with Gasteiger partial charge in [-0.25, -0.2) is 0 Å². The Balaban J connectivity index is 2.37. The van der Waals surface area contributed by atoms with Crippen LogP contribution in [-0.4, -0.2) is 18.9 Å². The molecule has 0 unspecified atom stereocenters. The molecule has 3 heteroatoms. The predicted octanol–water partition coefficient (Wildman–Crippen LogP) is 2.40. The number of methoxy groups -OCH3 is 1. The van der Waals surface area contributed by atoms with E-state index in [-0.39, 0.29) is 11.8 Å². The van der Waals surface area contributed by atoms with Crippen molar-refractivity contribution in [2.75, 3.05) is 7.11 Å². The van der Waals surface area contributed by atoms with E-state index in [1.54, 1.807) is 0 Å². The van der Waals surface area contributed by atoms with Crippen molar-refractivity contribution in [1.82, 2.24) is 0 Å². The van der Waals surface area contributed by atoms with E-state index in [1.165, 1.54) is 7.11 Å². The maximum atomic E-state index is 12.1. The predicted molar refractivity (Wildman–Crippen MR) is 59.9 cm³/mol. The highest BCUT2D eigenvalue weighted by Gasteiger charge is 2.52. The molecule has 0 aromatic carbocycles. The number of ether oxygens (including phenoxy) is 1. The largest absolute Gasteiger partial charge is 0.468 e. The summed E-state index contributed by atoms with van der Waals surface area (Å²) in [6, 6.07) is 0. The molecule has 0 N–H and O–H groups in total. The molecule has 2 rings (SSSR count). The average molecular weight is 222 g/mol. The fourth-order valence-electron chi connectivity index (χ4n) is 2.95. The van der Waals surface area contributed by atoms with Gasteiger partial charge in [-0.05, 0) is 44.1 Å². The Morgan fingerprint density at radius 2 is 2.12 bits per heavy atom. The third-order valence-corrected chi connectivity index (χ3v) is 3.80. The number of hydrogen-bond donors (Lipinski definition) is 0. The molecule has 1 atom stereocenters. The van der Waals surface area contributed by atoms with Gasteiger partial charge in [-0.3, -0.25) is 9.59 Å². The zero-order valence-corrected chi connectivity index (χ0v) is 9.75. The Morgan fingerprint density at radius 1 is 1.31 bits per heavy atom. The second-order valence-corrected chi connectivity index (χ2v) is 4.65. The smallest absolute Gasteiger partial charge is 0.323 e. The molecule has 88 valence electrons. The van der Waals surface area contributed by atoms with Crippen molar-refractivity contribution in [3.05, 3.63) is 11.6 Å². The molecule has 0 aliphatic heterocycles. The third kappa shape index (κ3) is 1.58. The molecule has 0 aromatic rings. The van der Waals surface area contributed by atoms with E-state index >= 15 is 0 Å². The van der Waals surface area contributed by atoms with Crippen LogP contribution in [0.2, 0.25) is 0 Å². The van der Waals surface area contributed by atoms with E-state index in [4.69, 9.17) is 4.74 Å². The molecule has 1 saturated carbocycles. The monoisotopic (exact) mass is 222 g/mol. The number of carbonyl (C=O) groups excluding carboxylic acids is 2. The van der Waals surface area contributed by atoms with E-state index in [0.29, 0.717) is 12.8 Å². The quantitative estimate of drug-likeness (QED) is 0.409. The number of allylic oxidation sites excluding steroid dienone is 1. The molecule has 0 heterocycles. The van der Waals surface area contributed by atoms with Crippen molar-refractivity contribution in [2.24, 2.45) is 5.41 Å². The van der Waals surface area contributed by atoms with Crippen molar-refractivity contribution in [1.29, 1.82) is 0 Å². The summed E-state index contributed by atoms with van der Waals surface area (Å²) < 4.78 is 4.86. The Kier molecular flexibility index (Phi) is 3.13. The second kappa shape index (κ2) is 4.40. The molecule has 16 heavy (non-hydrogen) atoms. The highest BCUT2D eigenvalue weighted by atomic mass is 16.5. The summed E-state index contributed by atoms with van der Waals surface area (Å²) in [6.45, 7) is 0. The van der Waals surface area contributed by atoms with Crippen LogP contribution in [0, 0.1) is 5.41 Å². The van der Waals surface area contributed by atoms with Crippen LogP contribution in [0.3, 0.4) is 0 Å². The van der Waals surface area contributed by atoms with Crippen LogP contribution < -0.4 is 0 Å². The maximum absolute atomic E-state index is 12.1. The van der Waals surface area contributed by atoms with Crippen LogP contribution in [0.4, 0.5) is 0 Å². The summed E-state index contributed by atoms with van der Waals surface area (Å²) in [4.78, 5) is 24.0. The van der Waals surface area contributed by atoms with Gasteiger partial charge in [0.15, 0.2) is 5.78 Å². The van der Waals surface area contributed by atoms with Gasteiger partial charge in [0.1, 0.15) is 5.41 Å². The lowest BCUT2D eigenvalue weighted by Gasteiger charge is -2.29. The highest BCUT2D eigenvalue weighted by molar-refractivity contribution is 6.08. The van der Waals surface area contributed by atoms with E-state index in [9.17, 15) is 9.59 Å². The van der Waals surface area contributed by atoms with Gasteiger partial charge in [0.2, 0.25) is 0 Å². The Bertz CT molecular complexity index is 343. The minimum Gasteiger partial charge on any atom is -0.468 e. The first kappa shape index (κ1) is 11.4. The minimum absolute atomic E-state index is 0.0625. The summed E-state index contributed by atoms with van der Waals surface area (Å²) >= 11 is 0. The van der Waals surface area contributed by atoms with Crippen LogP contribution in [0.1, 0.15) is 44.9 Å². The third-order valence-electron chi connectivity index (χ3n) is 3.80. The zero-order valence-electron chi connectivity index (χ0n) is 9.75. The van der Waals surface area contributed by atoms with Crippen molar-refractivity contribution in [3.63, 3.8) is 0 Å². The summed E-state index contributed by atoms with van der Waals surface area (Å²) in [5.41, 5.74) is 0.114. The van der Waals surface area contributed by atoms with Crippen LogP contribution in [0.25, 0.3) is 0 Å². The molecule has 0 amide bonds. The lowest BCUT2D eigenvalue weighted by atomic mass is 9.73. The highest BCUT2D eigenvalue weighted by Crippen LogP contribution is 2.45. The number of carbonyl (C=O) groups is 2. The van der Waals surface area contributed by atoms with Gasteiger partial charge in [0.25, 0.3) is 0 Å². The normalized spacial score (nSPS) is 30.1. The Labute approximate surface area is 95.9 Å². The van der Waals surface area contributed by atoms with Gasteiger partial charge in [-0.2, -0.15) is 0 Å². The average Bonchev–Trinajstić information content (AvgIpc) is 2.72. The molecule has 2 aliphatic carbocycles. The van der Waals surface area contributed by atoms with Gasteiger partial charge in [-0.15, -0.1) is 0 Å². The minimum atomic E-state index is -0.908. The van der Waals surface area contributed by atoms with Gasteiger partial charge in [0.05, 0.1) is 7.11 Å². The van der Waals surface area contributed by atoms with Crippen molar-refractivity contribution < 1.29 is 14.3 Å². The van der Waals surface area contributed by atoms with Gasteiger partial charge < -0.3 is 4.74 Å².